The van der Waals surface area contributed by atoms with E-state index in [1.54, 1.807) is 18.3 Å². The van der Waals surface area contributed by atoms with Crippen LogP contribution in [0.25, 0.3) is 0 Å². The predicted molar refractivity (Wildman–Crippen MR) is 87.1 cm³/mol. The summed E-state index contributed by atoms with van der Waals surface area (Å²) in [4.78, 5) is 1.89. The number of nitrogens with one attached hydrogen (secondary N) is 1. The van der Waals surface area contributed by atoms with Crippen molar-refractivity contribution in [2.75, 3.05) is 20.6 Å². The van der Waals surface area contributed by atoms with Gasteiger partial charge in [0.25, 0.3) is 0 Å². The van der Waals surface area contributed by atoms with Crippen molar-refractivity contribution >= 4 is 21.4 Å². The molecule has 0 aliphatic rings. The van der Waals surface area contributed by atoms with Crippen LogP contribution in [0.4, 0.5) is 4.39 Å². The predicted octanol–water partition coefficient (Wildman–Crippen LogP) is 2.78. The van der Waals surface area contributed by atoms with Gasteiger partial charge in [0.05, 0.1) is 4.90 Å². The fraction of sp³-hybridized carbons (Fsp3) is 0.333. The maximum atomic E-state index is 13.6. The van der Waals surface area contributed by atoms with Crippen molar-refractivity contribution in [2.45, 2.75) is 17.9 Å². The number of halogens is 1. The highest BCUT2D eigenvalue weighted by Crippen LogP contribution is 2.21. The van der Waals surface area contributed by atoms with Crippen LogP contribution < -0.4 is 4.72 Å². The lowest BCUT2D eigenvalue weighted by Crippen LogP contribution is -2.34. The van der Waals surface area contributed by atoms with E-state index < -0.39 is 15.8 Å². The third kappa shape index (κ3) is 3.92. The van der Waals surface area contributed by atoms with Gasteiger partial charge in [0, 0.05) is 12.6 Å². The molecule has 1 atom stereocenters. The number of sulfonamides is 1. The minimum absolute atomic E-state index is 0.0570. The number of hydrogen-bond donors (Lipinski definition) is 1. The highest BCUT2D eigenvalue weighted by Gasteiger charge is 2.20. The van der Waals surface area contributed by atoms with Crippen molar-refractivity contribution in [3.63, 3.8) is 0 Å². The van der Waals surface area contributed by atoms with E-state index in [4.69, 9.17) is 0 Å². The summed E-state index contributed by atoms with van der Waals surface area (Å²) in [6, 6.07) is 5.82. The number of hydrogen-bond acceptors (Lipinski definition) is 4. The molecule has 120 valence electrons. The molecule has 0 aliphatic carbocycles. The van der Waals surface area contributed by atoms with E-state index >= 15 is 0 Å². The van der Waals surface area contributed by atoms with Crippen LogP contribution >= 0.6 is 11.3 Å². The van der Waals surface area contributed by atoms with Gasteiger partial charge in [-0.2, -0.15) is 11.3 Å². The third-order valence-corrected chi connectivity index (χ3v) is 5.59. The summed E-state index contributed by atoms with van der Waals surface area (Å²) < 4.78 is 40.7. The van der Waals surface area contributed by atoms with Crippen LogP contribution in [0, 0.1) is 12.7 Å². The topological polar surface area (TPSA) is 49.4 Å². The molecule has 0 fully saturated rings. The van der Waals surface area contributed by atoms with Crippen LogP contribution in [-0.2, 0) is 10.0 Å². The van der Waals surface area contributed by atoms with Crippen molar-refractivity contribution in [1.82, 2.24) is 9.62 Å². The fourth-order valence-corrected chi connectivity index (χ4v) is 3.83. The van der Waals surface area contributed by atoms with Crippen molar-refractivity contribution in [3.05, 3.63) is 52.0 Å². The Labute approximate surface area is 134 Å². The second-order valence-corrected chi connectivity index (χ2v) is 7.85. The molecule has 4 nitrogen and oxygen atoms in total. The molecule has 0 amide bonds. The summed E-state index contributed by atoms with van der Waals surface area (Å²) in [6.07, 6.45) is 0. The van der Waals surface area contributed by atoms with Gasteiger partial charge in [0.15, 0.2) is 0 Å². The minimum Gasteiger partial charge on any atom is -0.301 e. The van der Waals surface area contributed by atoms with Gasteiger partial charge in [0.2, 0.25) is 10.0 Å². The Balaban J connectivity index is 2.16. The van der Waals surface area contributed by atoms with E-state index in [1.807, 2.05) is 35.8 Å². The first-order valence-corrected chi connectivity index (χ1v) is 9.18. The number of nitrogens with zero attached hydrogens (tertiary/aromatic N) is 1. The first-order chi connectivity index (χ1) is 10.3. The van der Waals surface area contributed by atoms with Crippen LogP contribution in [0.1, 0.15) is 17.2 Å². The molecule has 1 N–H and O–H groups in total. The number of rotatable bonds is 6. The Hall–Kier alpha value is -1.28. The van der Waals surface area contributed by atoms with Crippen molar-refractivity contribution in [3.8, 4) is 0 Å². The molecule has 0 spiro atoms. The SMILES string of the molecule is Cc1ccc(S(=O)(=O)NC[C@H](c2ccsc2)N(C)C)cc1F. The minimum atomic E-state index is -3.73. The zero-order valence-electron chi connectivity index (χ0n) is 12.7. The number of aryl methyl sites for hydroxylation is 1. The van der Waals surface area contributed by atoms with E-state index in [0.717, 1.165) is 11.6 Å². The Morgan fingerprint density at radius 2 is 2.05 bits per heavy atom. The Bertz CT molecular complexity index is 728. The molecule has 1 heterocycles. The molecule has 0 bridgehead atoms. The smallest absolute Gasteiger partial charge is 0.240 e. The summed E-state index contributed by atoms with van der Waals surface area (Å²) in [5.74, 6) is -0.523. The van der Waals surface area contributed by atoms with E-state index in [-0.39, 0.29) is 17.5 Å². The quantitative estimate of drug-likeness (QED) is 0.878. The molecule has 1 aromatic heterocycles. The largest absolute Gasteiger partial charge is 0.301 e. The number of thiophene rings is 1. The summed E-state index contributed by atoms with van der Waals surface area (Å²) in [5, 5.41) is 3.94. The maximum Gasteiger partial charge on any atom is 0.240 e. The molecule has 22 heavy (non-hydrogen) atoms. The average molecular weight is 342 g/mol. The molecular weight excluding hydrogens is 323 g/mol. The molecule has 0 aliphatic heterocycles. The standard InChI is InChI=1S/C15H19FN2O2S2/c1-11-4-5-13(8-14(11)16)22(19,20)17-9-15(18(2)3)12-6-7-21-10-12/h4-8,10,15,17H,9H2,1-3H3/t15-/m1/s1. The maximum absolute atomic E-state index is 13.6. The molecule has 2 rings (SSSR count). The van der Waals surface area contributed by atoms with Gasteiger partial charge in [-0.3, -0.25) is 0 Å². The van der Waals surface area contributed by atoms with Crippen molar-refractivity contribution < 1.29 is 12.8 Å². The first kappa shape index (κ1) is 17.1. The fourth-order valence-electron chi connectivity index (χ4n) is 2.08. The third-order valence-electron chi connectivity index (χ3n) is 3.47. The van der Waals surface area contributed by atoms with E-state index in [1.165, 1.54) is 12.1 Å². The van der Waals surface area contributed by atoms with Crippen LogP contribution in [0.15, 0.2) is 39.9 Å². The lowest BCUT2D eigenvalue weighted by molar-refractivity contribution is 0.300. The van der Waals surface area contributed by atoms with E-state index in [2.05, 4.69) is 4.72 Å². The Morgan fingerprint density at radius 1 is 1.32 bits per heavy atom. The van der Waals surface area contributed by atoms with Gasteiger partial charge < -0.3 is 4.90 Å². The summed E-state index contributed by atoms with van der Waals surface area (Å²) >= 11 is 1.57. The van der Waals surface area contributed by atoms with Crippen molar-refractivity contribution in [1.29, 1.82) is 0 Å². The summed E-state index contributed by atoms with van der Waals surface area (Å²) in [6.45, 7) is 1.82. The normalized spacial score (nSPS) is 13.5. The van der Waals surface area contributed by atoms with Crippen LogP contribution in [0.2, 0.25) is 0 Å². The van der Waals surface area contributed by atoms with Gasteiger partial charge >= 0.3 is 0 Å². The monoisotopic (exact) mass is 342 g/mol. The molecule has 0 saturated heterocycles. The Kier molecular flexibility index (Phi) is 5.33. The van der Waals surface area contributed by atoms with Crippen LogP contribution in [0.3, 0.4) is 0 Å². The van der Waals surface area contributed by atoms with Gasteiger partial charge in [-0.15, -0.1) is 0 Å². The van der Waals surface area contributed by atoms with Gasteiger partial charge in [-0.25, -0.2) is 17.5 Å². The molecule has 0 unspecified atom stereocenters. The molecule has 0 radical (unpaired) electrons. The van der Waals surface area contributed by atoms with Gasteiger partial charge in [-0.05, 0) is 61.1 Å². The van der Waals surface area contributed by atoms with Crippen LogP contribution in [-0.4, -0.2) is 34.0 Å². The molecule has 1 aromatic carbocycles. The summed E-state index contributed by atoms with van der Waals surface area (Å²) in [5.41, 5.74) is 1.47. The number of benzene rings is 1. The van der Waals surface area contributed by atoms with Gasteiger partial charge in [0.1, 0.15) is 5.82 Å². The molecule has 7 heteroatoms. The summed E-state index contributed by atoms with van der Waals surface area (Å²) in [7, 11) is 0.0496. The zero-order valence-corrected chi connectivity index (χ0v) is 14.3. The highest BCUT2D eigenvalue weighted by molar-refractivity contribution is 7.89. The molecule has 2 aromatic rings. The Morgan fingerprint density at radius 3 is 2.59 bits per heavy atom. The highest BCUT2D eigenvalue weighted by atomic mass is 32.2. The van der Waals surface area contributed by atoms with Gasteiger partial charge in [-0.1, -0.05) is 6.07 Å². The first-order valence-electron chi connectivity index (χ1n) is 6.75. The van der Waals surface area contributed by atoms with Crippen LogP contribution in [0.5, 0.6) is 0 Å². The van der Waals surface area contributed by atoms with E-state index in [9.17, 15) is 12.8 Å². The molecule has 0 saturated carbocycles. The number of likely N-dealkylation sites (N-methyl/N-ethyl adjacent to an activating group) is 1. The molecular formula is C15H19FN2O2S2. The average Bonchev–Trinajstić information content (AvgIpc) is 2.95. The van der Waals surface area contributed by atoms with Crippen molar-refractivity contribution in [2.24, 2.45) is 0 Å². The lowest BCUT2D eigenvalue weighted by atomic mass is 10.1. The second-order valence-electron chi connectivity index (χ2n) is 5.30. The lowest BCUT2D eigenvalue weighted by Gasteiger charge is -2.24. The van der Waals surface area contributed by atoms with E-state index in [0.29, 0.717) is 5.56 Å². The second kappa shape index (κ2) is 6.87. The zero-order chi connectivity index (χ0) is 16.3.